The highest BCUT2D eigenvalue weighted by atomic mass is 31.2. The zero-order valence-electron chi connectivity index (χ0n) is 34.9. The summed E-state index contributed by atoms with van der Waals surface area (Å²) in [5.74, 6) is 0.564. The minimum Gasteiger partial charge on any atom is -0.462 e. The minimum absolute atomic E-state index is 0.137. The Morgan fingerprint density at radius 3 is 1.38 bits per heavy atom. The average molecular weight is 831 g/mol. The van der Waals surface area contributed by atoms with Crippen LogP contribution in [0.25, 0.3) is 0 Å². The van der Waals surface area contributed by atoms with Crippen LogP contribution in [0.15, 0.2) is 0 Å². The molecule has 15 heteroatoms. The van der Waals surface area contributed by atoms with Crippen LogP contribution in [0.3, 0.4) is 0 Å². The lowest BCUT2D eigenvalue weighted by molar-refractivity contribution is -0.161. The first-order chi connectivity index (χ1) is 26.1. The number of rotatable bonds is 40. The highest BCUT2D eigenvalue weighted by Gasteiger charge is 2.28. The van der Waals surface area contributed by atoms with Gasteiger partial charge in [0.05, 0.1) is 19.8 Å². The maximum absolute atomic E-state index is 12.6. The van der Waals surface area contributed by atoms with Crippen LogP contribution in [-0.4, -0.2) is 70.4 Å². The third kappa shape index (κ3) is 39.7. The van der Waals surface area contributed by atoms with Gasteiger partial charge in [-0.2, -0.15) is 0 Å². The number of phosphoric acid groups is 2. The number of hydrogen-bond donors (Lipinski definition) is 4. The second kappa shape index (κ2) is 35.1. The molecule has 0 spiro atoms. The Kier molecular flexibility index (Phi) is 34.5. The van der Waals surface area contributed by atoms with Crippen molar-refractivity contribution in [2.45, 2.75) is 207 Å². The SMILES string of the molecule is CCC(C)CCCCCCCCCCCCCCCCC(=O)O[C@H](COC(=O)CCCCCCCCCC(C)C)COP(=O)(O)OC[C@@H](O)COP(=O)(O)O. The van der Waals surface area contributed by atoms with Gasteiger partial charge in [0.2, 0.25) is 0 Å². The Morgan fingerprint density at radius 2 is 0.927 bits per heavy atom. The monoisotopic (exact) mass is 831 g/mol. The molecule has 0 aromatic carbocycles. The summed E-state index contributed by atoms with van der Waals surface area (Å²) in [5, 5.41) is 9.73. The van der Waals surface area contributed by atoms with E-state index in [4.69, 9.17) is 23.8 Å². The third-order valence-electron chi connectivity index (χ3n) is 9.70. The van der Waals surface area contributed by atoms with Gasteiger partial charge in [0.1, 0.15) is 12.7 Å². The molecule has 55 heavy (non-hydrogen) atoms. The van der Waals surface area contributed by atoms with Crippen molar-refractivity contribution >= 4 is 27.6 Å². The van der Waals surface area contributed by atoms with Crippen LogP contribution in [0.1, 0.15) is 195 Å². The quantitative estimate of drug-likeness (QED) is 0.0259. The predicted octanol–water partition coefficient (Wildman–Crippen LogP) is 10.5. The van der Waals surface area contributed by atoms with E-state index in [0.29, 0.717) is 12.8 Å². The first kappa shape index (κ1) is 54.1. The number of phosphoric ester groups is 2. The van der Waals surface area contributed by atoms with E-state index < -0.39 is 59.6 Å². The standard InChI is InChI=1S/C40H80O13P2/c1-5-36(4)28-24-20-16-12-10-8-6-7-9-11-13-17-22-26-30-40(43)53-38(34-52-55(47,48)51-32-37(41)31-50-54(44,45)46)33-49-39(42)29-25-21-18-14-15-19-23-27-35(2)3/h35-38,41H,5-34H2,1-4H3,(H,47,48)(H2,44,45,46)/t36?,37-,38+/m0/s1. The molecule has 0 bridgehead atoms. The van der Waals surface area contributed by atoms with Gasteiger partial charge >= 0.3 is 27.6 Å². The Balaban J connectivity index is 4.45. The smallest absolute Gasteiger partial charge is 0.462 e. The number of unbranched alkanes of at least 4 members (excludes halogenated alkanes) is 19. The highest BCUT2D eigenvalue weighted by Crippen LogP contribution is 2.43. The second-order valence-corrected chi connectivity index (χ2v) is 18.4. The average Bonchev–Trinajstić information content (AvgIpc) is 3.12. The topological polar surface area (TPSA) is 195 Å². The minimum atomic E-state index is -4.86. The van der Waals surface area contributed by atoms with Crippen LogP contribution in [0.4, 0.5) is 0 Å². The molecule has 0 aliphatic heterocycles. The van der Waals surface area contributed by atoms with Gasteiger partial charge < -0.3 is 29.3 Å². The Morgan fingerprint density at radius 1 is 0.527 bits per heavy atom. The van der Waals surface area contributed by atoms with E-state index in [9.17, 15) is 28.7 Å². The molecule has 0 aromatic rings. The van der Waals surface area contributed by atoms with E-state index >= 15 is 0 Å². The number of aliphatic hydroxyl groups is 1. The Bertz CT molecular complexity index is 1020. The largest absolute Gasteiger partial charge is 0.472 e. The van der Waals surface area contributed by atoms with Crippen LogP contribution in [0.2, 0.25) is 0 Å². The summed E-state index contributed by atoms with van der Waals surface area (Å²) in [6.07, 6.45) is 25.5. The molecule has 2 unspecified atom stereocenters. The number of carbonyl (C=O) groups is 2. The fourth-order valence-corrected chi connectivity index (χ4v) is 7.19. The summed E-state index contributed by atoms with van der Waals surface area (Å²) in [5.41, 5.74) is 0. The third-order valence-corrected chi connectivity index (χ3v) is 11.1. The molecule has 0 aliphatic carbocycles. The fraction of sp³-hybridized carbons (Fsp3) is 0.950. The zero-order valence-corrected chi connectivity index (χ0v) is 36.7. The van der Waals surface area contributed by atoms with Gasteiger partial charge in [-0.15, -0.1) is 0 Å². The lowest BCUT2D eigenvalue weighted by atomic mass is 9.99. The summed E-state index contributed by atoms with van der Waals surface area (Å²) in [7, 11) is -9.65. The first-order valence-corrected chi connectivity index (χ1v) is 24.5. The molecule has 4 atom stereocenters. The van der Waals surface area contributed by atoms with Crippen molar-refractivity contribution < 1.29 is 61.6 Å². The number of esters is 2. The molecule has 328 valence electrons. The van der Waals surface area contributed by atoms with E-state index in [-0.39, 0.29) is 19.4 Å². The molecule has 0 amide bonds. The molecule has 0 saturated heterocycles. The molecule has 13 nitrogen and oxygen atoms in total. The van der Waals surface area contributed by atoms with Crippen molar-refractivity contribution in [1.82, 2.24) is 0 Å². The van der Waals surface area contributed by atoms with Crippen molar-refractivity contribution in [3.63, 3.8) is 0 Å². The maximum atomic E-state index is 12.6. The van der Waals surface area contributed by atoms with Crippen LogP contribution in [0, 0.1) is 11.8 Å². The number of ether oxygens (including phenoxy) is 2. The van der Waals surface area contributed by atoms with Crippen molar-refractivity contribution in [3.05, 3.63) is 0 Å². The summed E-state index contributed by atoms with van der Waals surface area (Å²) in [6.45, 7) is 6.39. The summed E-state index contributed by atoms with van der Waals surface area (Å²) < 4.78 is 47.7. The van der Waals surface area contributed by atoms with E-state index in [1.807, 2.05) is 0 Å². The van der Waals surface area contributed by atoms with Crippen LogP contribution in [0.5, 0.6) is 0 Å². The molecule has 4 N–H and O–H groups in total. The van der Waals surface area contributed by atoms with Gasteiger partial charge in [-0.1, -0.05) is 169 Å². The fourth-order valence-electron chi connectivity index (χ4n) is 6.04. The Labute approximate surface area is 333 Å². The van der Waals surface area contributed by atoms with E-state index in [2.05, 4.69) is 36.7 Å². The first-order valence-electron chi connectivity index (χ1n) is 21.5. The van der Waals surface area contributed by atoms with Gasteiger partial charge in [-0.3, -0.25) is 23.2 Å². The highest BCUT2D eigenvalue weighted by molar-refractivity contribution is 7.47. The molecular formula is C40H80O13P2. The van der Waals surface area contributed by atoms with Crippen LogP contribution >= 0.6 is 15.6 Å². The van der Waals surface area contributed by atoms with Crippen molar-refractivity contribution in [3.8, 4) is 0 Å². The van der Waals surface area contributed by atoms with Crippen LogP contribution < -0.4 is 0 Å². The molecule has 0 saturated carbocycles. The number of aliphatic hydroxyl groups excluding tert-OH is 1. The lowest BCUT2D eigenvalue weighted by Gasteiger charge is -2.20. The number of carbonyl (C=O) groups excluding carboxylic acids is 2. The molecule has 0 aromatic heterocycles. The van der Waals surface area contributed by atoms with Gasteiger partial charge in [-0.05, 0) is 24.7 Å². The van der Waals surface area contributed by atoms with Gasteiger partial charge in [0.15, 0.2) is 6.10 Å². The number of hydrogen-bond acceptors (Lipinski definition) is 10. The summed E-state index contributed by atoms with van der Waals surface area (Å²) >= 11 is 0. The van der Waals surface area contributed by atoms with Crippen molar-refractivity contribution in [2.75, 3.05) is 26.4 Å². The summed E-state index contributed by atoms with van der Waals surface area (Å²) in [4.78, 5) is 52.6. The Hall–Kier alpha value is -0.880. The van der Waals surface area contributed by atoms with Crippen LogP contribution in [-0.2, 0) is 41.8 Å². The molecule has 0 fully saturated rings. The molecule has 0 heterocycles. The van der Waals surface area contributed by atoms with Crippen molar-refractivity contribution in [2.24, 2.45) is 11.8 Å². The summed E-state index contributed by atoms with van der Waals surface area (Å²) in [6, 6.07) is 0. The lowest BCUT2D eigenvalue weighted by Crippen LogP contribution is -2.30. The van der Waals surface area contributed by atoms with Crippen molar-refractivity contribution in [1.29, 1.82) is 0 Å². The molecule has 0 radical (unpaired) electrons. The van der Waals surface area contributed by atoms with Gasteiger partial charge in [0.25, 0.3) is 0 Å². The predicted molar refractivity (Wildman–Crippen MR) is 216 cm³/mol. The van der Waals surface area contributed by atoms with Gasteiger partial charge in [-0.25, -0.2) is 9.13 Å². The van der Waals surface area contributed by atoms with Gasteiger partial charge in [0, 0.05) is 12.8 Å². The zero-order chi connectivity index (χ0) is 41.2. The maximum Gasteiger partial charge on any atom is 0.472 e. The molecular weight excluding hydrogens is 750 g/mol. The molecule has 0 aliphatic rings. The van der Waals surface area contributed by atoms with E-state index in [1.54, 1.807) is 0 Å². The second-order valence-electron chi connectivity index (χ2n) is 15.7. The normalized spacial score (nSPS) is 14.8. The molecule has 0 rings (SSSR count). The van der Waals surface area contributed by atoms with E-state index in [1.165, 1.54) is 103 Å². The van der Waals surface area contributed by atoms with E-state index in [0.717, 1.165) is 50.4 Å².